The number of hydrogen-bond donors (Lipinski definition) is 3. The summed E-state index contributed by atoms with van der Waals surface area (Å²) in [5.41, 5.74) is 0.402. The molecule has 0 radical (unpaired) electrons. The molecule has 3 N–H and O–H groups in total. The van der Waals surface area contributed by atoms with E-state index in [9.17, 15) is 14.3 Å². The van der Waals surface area contributed by atoms with Crippen LogP contribution in [0.15, 0.2) is 42.5 Å². The smallest absolute Gasteiger partial charge is 0.307 e. The van der Waals surface area contributed by atoms with Gasteiger partial charge >= 0.3 is 5.97 Å². The van der Waals surface area contributed by atoms with Gasteiger partial charge in [-0.15, -0.1) is 0 Å². The fraction of sp³-hybridized carbons (Fsp3) is 0.480. The number of aliphatic hydroxyl groups is 1. The molecule has 0 unspecified atom stereocenters. The fourth-order valence-corrected chi connectivity index (χ4v) is 4.26. The third-order valence-corrected chi connectivity index (χ3v) is 6.22. The Morgan fingerprint density at radius 2 is 2.03 bits per heavy atom. The number of carboxylic acids is 1. The molecule has 1 heterocycles. The van der Waals surface area contributed by atoms with Crippen molar-refractivity contribution < 1.29 is 24.1 Å². The number of carboxylic acid groups (broad SMARTS) is 1. The van der Waals surface area contributed by atoms with Crippen LogP contribution in [-0.4, -0.2) is 59.0 Å². The summed E-state index contributed by atoms with van der Waals surface area (Å²) >= 11 is 5.97. The summed E-state index contributed by atoms with van der Waals surface area (Å²) in [6.45, 7) is 6.85. The number of benzene rings is 2. The first kappa shape index (κ1) is 25.4. The lowest BCUT2D eigenvalue weighted by Crippen LogP contribution is -2.52. The van der Waals surface area contributed by atoms with E-state index < -0.39 is 17.4 Å². The monoisotopic (exact) mass is 478 g/mol. The van der Waals surface area contributed by atoms with Crippen molar-refractivity contribution in [2.75, 3.05) is 26.2 Å². The summed E-state index contributed by atoms with van der Waals surface area (Å²) < 4.78 is 19.2. The maximum atomic E-state index is 13.6. The lowest BCUT2D eigenvalue weighted by atomic mass is 9.92. The summed E-state index contributed by atoms with van der Waals surface area (Å²) in [6.07, 6.45) is 0.681. The first-order valence-corrected chi connectivity index (χ1v) is 11.5. The molecule has 0 spiro atoms. The Bertz CT molecular complexity index is 939. The standard InChI is InChI=1S/C25H32ClFN2O4/c1-17-13-29(14-18-3-6-20(26)7-4-18)10-9-22(17)28-15-25(2,32)16-33-23-12-21(27)8-5-19(23)11-24(30)31/h3-8,12,17,22,28,32H,9-11,13-16H2,1-2H3,(H,30,31)/t17-,22+,25-/m0/s1. The van der Waals surface area contributed by atoms with E-state index in [2.05, 4.69) is 29.3 Å². The Kier molecular flexibility index (Phi) is 8.70. The normalized spacial score (nSPS) is 20.9. The van der Waals surface area contributed by atoms with Gasteiger partial charge in [0, 0.05) is 42.3 Å². The minimum Gasteiger partial charge on any atom is -0.490 e. The average molecular weight is 479 g/mol. The second-order valence-electron chi connectivity index (χ2n) is 9.22. The van der Waals surface area contributed by atoms with E-state index in [0.717, 1.165) is 37.1 Å². The van der Waals surface area contributed by atoms with Crippen molar-refractivity contribution in [3.8, 4) is 5.75 Å². The molecule has 0 aromatic heterocycles. The first-order chi connectivity index (χ1) is 15.6. The van der Waals surface area contributed by atoms with Crippen molar-refractivity contribution in [1.29, 1.82) is 0 Å². The predicted octanol–water partition coefficient (Wildman–Crippen LogP) is 3.74. The average Bonchev–Trinajstić information content (AvgIpc) is 2.75. The van der Waals surface area contributed by atoms with E-state index in [1.807, 2.05) is 12.1 Å². The van der Waals surface area contributed by atoms with Crippen molar-refractivity contribution in [2.24, 2.45) is 5.92 Å². The molecule has 1 saturated heterocycles. The van der Waals surface area contributed by atoms with Crippen LogP contribution in [0.1, 0.15) is 31.4 Å². The van der Waals surface area contributed by atoms with Crippen molar-refractivity contribution >= 4 is 17.6 Å². The summed E-state index contributed by atoms with van der Waals surface area (Å²) in [5.74, 6) is -1.01. The van der Waals surface area contributed by atoms with Crippen LogP contribution in [0.2, 0.25) is 5.02 Å². The topological polar surface area (TPSA) is 82.0 Å². The zero-order valence-corrected chi connectivity index (χ0v) is 19.8. The van der Waals surface area contributed by atoms with E-state index in [1.54, 1.807) is 6.92 Å². The molecule has 2 aromatic carbocycles. The summed E-state index contributed by atoms with van der Waals surface area (Å²) in [7, 11) is 0. The zero-order valence-electron chi connectivity index (χ0n) is 19.1. The van der Waals surface area contributed by atoms with Crippen molar-refractivity contribution in [3.63, 3.8) is 0 Å². The van der Waals surface area contributed by atoms with E-state index in [1.165, 1.54) is 17.7 Å². The van der Waals surface area contributed by atoms with Crippen LogP contribution in [-0.2, 0) is 17.8 Å². The Morgan fingerprint density at radius 3 is 2.70 bits per heavy atom. The van der Waals surface area contributed by atoms with Crippen LogP contribution in [0.25, 0.3) is 0 Å². The van der Waals surface area contributed by atoms with Gasteiger partial charge in [-0.2, -0.15) is 0 Å². The van der Waals surface area contributed by atoms with Gasteiger partial charge in [0.05, 0.1) is 6.42 Å². The maximum absolute atomic E-state index is 13.6. The quantitative estimate of drug-likeness (QED) is 0.482. The van der Waals surface area contributed by atoms with Gasteiger partial charge in [-0.3, -0.25) is 9.69 Å². The van der Waals surface area contributed by atoms with Crippen LogP contribution in [0.5, 0.6) is 5.75 Å². The van der Waals surface area contributed by atoms with Crippen molar-refractivity contribution in [3.05, 3.63) is 64.4 Å². The van der Waals surface area contributed by atoms with Crippen molar-refractivity contribution in [2.45, 2.75) is 44.9 Å². The minimum absolute atomic E-state index is 0.0835. The van der Waals surface area contributed by atoms with Gasteiger partial charge in [0.2, 0.25) is 0 Å². The van der Waals surface area contributed by atoms with Crippen LogP contribution in [0, 0.1) is 11.7 Å². The van der Waals surface area contributed by atoms with Crippen LogP contribution >= 0.6 is 11.6 Å². The number of carbonyl (C=O) groups is 1. The largest absolute Gasteiger partial charge is 0.490 e. The number of hydrogen-bond acceptors (Lipinski definition) is 5. The molecule has 0 saturated carbocycles. The number of halogens is 2. The second kappa shape index (κ2) is 11.3. The number of rotatable bonds is 10. The highest BCUT2D eigenvalue weighted by Crippen LogP contribution is 2.23. The molecule has 1 aliphatic heterocycles. The van der Waals surface area contributed by atoms with Gasteiger partial charge in [-0.25, -0.2) is 4.39 Å². The van der Waals surface area contributed by atoms with E-state index in [0.29, 0.717) is 18.0 Å². The maximum Gasteiger partial charge on any atom is 0.307 e. The van der Waals surface area contributed by atoms with E-state index in [4.69, 9.17) is 21.4 Å². The van der Waals surface area contributed by atoms with Gasteiger partial charge in [0.25, 0.3) is 0 Å². The molecular formula is C25H32ClFN2O4. The Hall–Kier alpha value is -2.19. The van der Waals surface area contributed by atoms with Crippen LogP contribution in [0.4, 0.5) is 4.39 Å². The van der Waals surface area contributed by atoms with Crippen molar-refractivity contribution in [1.82, 2.24) is 10.2 Å². The van der Waals surface area contributed by atoms with Crippen LogP contribution in [0.3, 0.4) is 0 Å². The zero-order chi connectivity index (χ0) is 24.0. The molecule has 0 aliphatic carbocycles. The Labute approximate surface area is 199 Å². The lowest BCUT2D eigenvalue weighted by Gasteiger charge is -2.38. The molecule has 2 aromatic rings. The number of nitrogens with one attached hydrogen (secondary N) is 1. The molecule has 6 nitrogen and oxygen atoms in total. The molecule has 33 heavy (non-hydrogen) atoms. The van der Waals surface area contributed by atoms with E-state index in [-0.39, 0.29) is 24.8 Å². The Morgan fingerprint density at radius 1 is 1.30 bits per heavy atom. The molecule has 1 fully saturated rings. The predicted molar refractivity (Wildman–Crippen MR) is 126 cm³/mol. The molecule has 180 valence electrons. The third-order valence-electron chi connectivity index (χ3n) is 5.96. The third kappa shape index (κ3) is 7.96. The second-order valence-corrected chi connectivity index (χ2v) is 9.66. The molecular weight excluding hydrogens is 447 g/mol. The highest BCUT2D eigenvalue weighted by Gasteiger charge is 2.29. The number of piperidine rings is 1. The summed E-state index contributed by atoms with van der Waals surface area (Å²) in [5, 5.41) is 24.0. The molecule has 0 bridgehead atoms. The summed E-state index contributed by atoms with van der Waals surface area (Å²) in [4.78, 5) is 13.5. The SMILES string of the molecule is C[C@H]1CN(Cc2ccc(Cl)cc2)CC[C@H]1NC[C@](C)(O)COc1cc(F)ccc1CC(=O)O. The van der Waals surface area contributed by atoms with Crippen LogP contribution < -0.4 is 10.1 Å². The molecule has 8 heteroatoms. The van der Waals surface area contributed by atoms with Gasteiger partial charge in [-0.05, 0) is 49.6 Å². The number of ether oxygens (including phenoxy) is 1. The Balaban J connectivity index is 1.48. The lowest BCUT2D eigenvalue weighted by molar-refractivity contribution is -0.136. The molecule has 3 atom stereocenters. The van der Waals surface area contributed by atoms with Gasteiger partial charge < -0.3 is 20.3 Å². The highest BCUT2D eigenvalue weighted by molar-refractivity contribution is 6.30. The molecule has 3 rings (SSSR count). The first-order valence-electron chi connectivity index (χ1n) is 11.2. The molecule has 0 amide bonds. The number of nitrogens with zero attached hydrogens (tertiary/aromatic N) is 1. The highest BCUT2D eigenvalue weighted by atomic mass is 35.5. The number of likely N-dealkylation sites (tertiary alicyclic amines) is 1. The van der Waals surface area contributed by atoms with Gasteiger partial charge in [-0.1, -0.05) is 36.7 Å². The summed E-state index contributed by atoms with van der Waals surface area (Å²) in [6, 6.07) is 11.9. The number of aliphatic carboxylic acids is 1. The van der Waals surface area contributed by atoms with Gasteiger partial charge in [0.15, 0.2) is 0 Å². The van der Waals surface area contributed by atoms with E-state index >= 15 is 0 Å². The fourth-order valence-electron chi connectivity index (χ4n) is 4.13. The minimum atomic E-state index is -1.20. The molecule has 1 aliphatic rings. The van der Waals surface area contributed by atoms with Gasteiger partial charge in [0.1, 0.15) is 23.8 Å².